The summed E-state index contributed by atoms with van der Waals surface area (Å²) in [5.74, 6) is -0.294. The maximum atomic E-state index is 12.4. The van der Waals surface area contributed by atoms with Gasteiger partial charge in [-0.2, -0.15) is 0 Å². The van der Waals surface area contributed by atoms with Crippen molar-refractivity contribution >= 4 is 27.6 Å². The lowest BCUT2D eigenvalue weighted by Crippen LogP contribution is -2.47. The molecule has 1 saturated heterocycles. The first kappa shape index (κ1) is 20.2. The Morgan fingerprint density at radius 2 is 1.69 bits per heavy atom. The lowest BCUT2D eigenvalue weighted by Gasteiger charge is -2.34. The molecule has 2 rings (SSSR count). The van der Waals surface area contributed by atoms with E-state index in [9.17, 15) is 18.0 Å². The Bertz CT molecular complexity index is 737. The Morgan fingerprint density at radius 1 is 1.15 bits per heavy atom. The molecule has 0 unspecified atom stereocenters. The van der Waals surface area contributed by atoms with Gasteiger partial charge in [-0.15, -0.1) is 0 Å². The zero-order valence-electron chi connectivity index (χ0n) is 15.1. The highest BCUT2D eigenvalue weighted by Gasteiger charge is 2.28. The quantitative estimate of drug-likeness (QED) is 0.802. The average Bonchev–Trinajstić information content (AvgIpc) is 2.62. The summed E-state index contributed by atoms with van der Waals surface area (Å²) in [6, 6.07) is 5.76. The third-order valence-electron chi connectivity index (χ3n) is 4.62. The molecule has 0 saturated carbocycles. The molecule has 0 spiro atoms. The van der Waals surface area contributed by atoms with Crippen LogP contribution in [0.1, 0.15) is 26.7 Å². The van der Waals surface area contributed by atoms with Crippen LogP contribution in [0.3, 0.4) is 0 Å². The molecular formula is C17H26N4O4S. The number of benzene rings is 1. The summed E-state index contributed by atoms with van der Waals surface area (Å²) in [6.45, 7) is 6.34. The van der Waals surface area contributed by atoms with E-state index in [0.717, 1.165) is 0 Å². The van der Waals surface area contributed by atoms with Crippen molar-refractivity contribution in [3.63, 3.8) is 0 Å². The number of likely N-dealkylation sites (tertiary alicyclic amines) is 1. The SMILES string of the molecule is CCN(CC)C(=O)N1CCC(C(=O)Nc2ccc(S(N)(=O)=O)cc2)CC1. The van der Waals surface area contributed by atoms with Crippen LogP contribution >= 0.6 is 0 Å². The molecule has 1 fully saturated rings. The molecule has 1 heterocycles. The minimum absolute atomic E-state index is 0.00118. The van der Waals surface area contributed by atoms with Gasteiger partial charge in [-0.3, -0.25) is 4.79 Å². The van der Waals surface area contributed by atoms with Gasteiger partial charge in [0.25, 0.3) is 0 Å². The molecule has 0 radical (unpaired) electrons. The summed E-state index contributed by atoms with van der Waals surface area (Å²) in [6.07, 6.45) is 1.21. The molecule has 3 amide bonds. The Morgan fingerprint density at radius 3 is 2.15 bits per heavy atom. The van der Waals surface area contributed by atoms with Crippen molar-refractivity contribution in [3.05, 3.63) is 24.3 Å². The largest absolute Gasteiger partial charge is 0.326 e. The van der Waals surface area contributed by atoms with Crippen LogP contribution in [0, 0.1) is 5.92 Å². The van der Waals surface area contributed by atoms with Crippen molar-refractivity contribution in [2.45, 2.75) is 31.6 Å². The molecule has 26 heavy (non-hydrogen) atoms. The lowest BCUT2D eigenvalue weighted by molar-refractivity contribution is -0.121. The molecule has 1 aromatic carbocycles. The van der Waals surface area contributed by atoms with E-state index in [1.54, 1.807) is 9.80 Å². The second kappa shape index (κ2) is 8.50. The number of sulfonamides is 1. The smallest absolute Gasteiger partial charge is 0.319 e. The van der Waals surface area contributed by atoms with Crippen LogP contribution in [0.15, 0.2) is 29.2 Å². The molecule has 8 nitrogen and oxygen atoms in total. The zero-order chi connectivity index (χ0) is 19.3. The number of hydrogen-bond donors (Lipinski definition) is 2. The first-order valence-electron chi connectivity index (χ1n) is 8.73. The van der Waals surface area contributed by atoms with E-state index in [0.29, 0.717) is 44.7 Å². The summed E-state index contributed by atoms with van der Waals surface area (Å²) < 4.78 is 22.5. The summed E-state index contributed by atoms with van der Waals surface area (Å²) in [7, 11) is -3.75. The van der Waals surface area contributed by atoms with E-state index in [2.05, 4.69) is 5.32 Å². The Labute approximate surface area is 154 Å². The standard InChI is InChI=1S/C17H26N4O4S/c1-3-20(4-2)17(23)21-11-9-13(10-12-21)16(22)19-14-5-7-15(8-6-14)26(18,24)25/h5-8,13H,3-4,9-12H2,1-2H3,(H,19,22)(H2,18,24,25). The summed E-state index contributed by atoms with van der Waals surface area (Å²) in [5.41, 5.74) is 0.518. The van der Waals surface area contributed by atoms with Gasteiger partial charge in [0.2, 0.25) is 15.9 Å². The number of nitrogens with one attached hydrogen (secondary N) is 1. The van der Waals surface area contributed by atoms with Crippen molar-refractivity contribution in [2.75, 3.05) is 31.5 Å². The fourth-order valence-corrected chi connectivity index (χ4v) is 3.51. The second-order valence-electron chi connectivity index (χ2n) is 6.27. The number of anilines is 1. The first-order chi connectivity index (χ1) is 12.3. The number of urea groups is 1. The maximum absolute atomic E-state index is 12.4. The molecule has 0 aromatic heterocycles. The van der Waals surface area contributed by atoms with Crippen molar-refractivity contribution in [3.8, 4) is 0 Å². The van der Waals surface area contributed by atoms with E-state index in [1.165, 1.54) is 24.3 Å². The monoisotopic (exact) mass is 382 g/mol. The van der Waals surface area contributed by atoms with Gasteiger partial charge in [0.1, 0.15) is 0 Å². The Balaban J connectivity index is 1.89. The molecular weight excluding hydrogens is 356 g/mol. The highest BCUT2D eigenvalue weighted by molar-refractivity contribution is 7.89. The van der Waals surface area contributed by atoms with Gasteiger partial charge in [-0.1, -0.05) is 0 Å². The number of hydrogen-bond acceptors (Lipinski definition) is 4. The molecule has 1 aliphatic rings. The summed E-state index contributed by atoms with van der Waals surface area (Å²) in [5, 5.41) is 7.84. The topological polar surface area (TPSA) is 113 Å². The van der Waals surface area contributed by atoms with Gasteiger partial charge in [0.15, 0.2) is 0 Å². The molecule has 1 aliphatic heterocycles. The van der Waals surface area contributed by atoms with Crippen molar-refractivity contribution < 1.29 is 18.0 Å². The van der Waals surface area contributed by atoms with Gasteiger partial charge < -0.3 is 15.1 Å². The number of nitrogens with zero attached hydrogens (tertiary/aromatic N) is 2. The van der Waals surface area contributed by atoms with Crippen LogP contribution in [0.25, 0.3) is 0 Å². The maximum Gasteiger partial charge on any atom is 0.319 e. The normalized spacial score (nSPS) is 15.6. The van der Waals surface area contributed by atoms with Gasteiger partial charge in [0, 0.05) is 37.8 Å². The van der Waals surface area contributed by atoms with Crippen LogP contribution in [0.4, 0.5) is 10.5 Å². The third kappa shape index (κ3) is 4.95. The molecule has 0 atom stereocenters. The van der Waals surface area contributed by atoms with Crippen molar-refractivity contribution in [1.29, 1.82) is 0 Å². The number of primary sulfonamides is 1. The summed E-state index contributed by atoms with van der Waals surface area (Å²) in [4.78, 5) is 28.3. The first-order valence-corrected chi connectivity index (χ1v) is 10.3. The fourth-order valence-electron chi connectivity index (χ4n) is 3.00. The van der Waals surface area contributed by atoms with E-state index in [-0.39, 0.29) is 22.8 Å². The predicted octanol–water partition coefficient (Wildman–Crippen LogP) is 1.45. The molecule has 9 heteroatoms. The van der Waals surface area contributed by atoms with E-state index >= 15 is 0 Å². The highest BCUT2D eigenvalue weighted by atomic mass is 32.2. The van der Waals surface area contributed by atoms with Gasteiger partial charge in [0.05, 0.1) is 4.90 Å². The average molecular weight is 382 g/mol. The number of nitrogens with two attached hydrogens (primary N) is 1. The molecule has 1 aromatic rings. The summed E-state index contributed by atoms with van der Waals surface area (Å²) >= 11 is 0. The number of piperidine rings is 1. The molecule has 0 aliphatic carbocycles. The number of carbonyl (C=O) groups excluding carboxylic acids is 2. The van der Waals surface area contributed by atoms with Crippen LogP contribution in [0.5, 0.6) is 0 Å². The Hall–Kier alpha value is -2.13. The molecule has 144 valence electrons. The lowest BCUT2D eigenvalue weighted by atomic mass is 9.96. The predicted molar refractivity (Wildman–Crippen MR) is 99.1 cm³/mol. The zero-order valence-corrected chi connectivity index (χ0v) is 16.0. The molecule has 3 N–H and O–H groups in total. The van der Waals surface area contributed by atoms with Crippen LogP contribution in [-0.2, 0) is 14.8 Å². The molecule has 0 bridgehead atoms. The van der Waals surface area contributed by atoms with Crippen LogP contribution in [0.2, 0.25) is 0 Å². The van der Waals surface area contributed by atoms with Gasteiger partial charge in [-0.25, -0.2) is 18.4 Å². The minimum atomic E-state index is -3.75. The van der Waals surface area contributed by atoms with E-state index in [1.807, 2.05) is 13.8 Å². The van der Waals surface area contributed by atoms with Crippen molar-refractivity contribution in [1.82, 2.24) is 9.80 Å². The Kier molecular flexibility index (Phi) is 6.60. The third-order valence-corrected chi connectivity index (χ3v) is 5.55. The number of amides is 3. The van der Waals surface area contributed by atoms with Crippen LogP contribution < -0.4 is 10.5 Å². The van der Waals surface area contributed by atoms with E-state index in [4.69, 9.17) is 5.14 Å². The van der Waals surface area contributed by atoms with E-state index < -0.39 is 10.0 Å². The minimum Gasteiger partial charge on any atom is -0.326 e. The second-order valence-corrected chi connectivity index (χ2v) is 7.84. The van der Waals surface area contributed by atoms with Crippen molar-refractivity contribution in [2.24, 2.45) is 11.1 Å². The number of carbonyl (C=O) groups is 2. The number of rotatable bonds is 5. The van der Waals surface area contributed by atoms with Crippen LogP contribution in [-0.4, -0.2) is 56.3 Å². The highest BCUT2D eigenvalue weighted by Crippen LogP contribution is 2.21. The fraction of sp³-hybridized carbons (Fsp3) is 0.529. The van der Waals surface area contributed by atoms with Gasteiger partial charge in [-0.05, 0) is 51.0 Å². The van der Waals surface area contributed by atoms with Gasteiger partial charge >= 0.3 is 6.03 Å².